The minimum Gasteiger partial charge on any atom is -0.496 e. The molecular formula is C17H15BrN2O3S2. The third-order valence-electron chi connectivity index (χ3n) is 3.38. The van der Waals surface area contributed by atoms with E-state index in [0.717, 1.165) is 25.8 Å². The van der Waals surface area contributed by atoms with E-state index in [9.17, 15) is 4.79 Å². The van der Waals surface area contributed by atoms with Gasteiger partial charge in [-0.15, -0.1) is 22.7 Å². The lowest BCUT2D eigenvalue weighted by Crippen LogP contribution is -2.05. The topological polar surface area (TPSA) is 61.3 Å². The van der Waals surface area contributed by atoms with Crippen LogP contribution in [0.1, 0.15) is 26.1 Å². The van der Waals surface area contributed by atoms with Crippen LogP contribution in [-0.4, -0.2) is 23.0 Å². The van der Waals surface area contributed by atoms with E-state index in [2.05, 4.69) is 25.9 Å². The van der Waals surface area contributed by atoms with Gasteiger partial charge in [-0.25, -0.2) is 14.8 Å². The second kappa shape index (κ2) is 7.63. The Balaban J connectivity index is 1.73. The average molecular weight is 439 g/mol. The molecular weight excluding hydrogens is 424 g/mol. The van der Waals surface area contributed by atoms with Crippen molar-refractivity contribution in [3.05, 3.63) is 49.3 Å². The van der Waals surface area contributed by atoms with Gasteiger partial charge in [-0.2, -0.15) is 0 Å². The lowest BCUT2D eigenvalue weighted by Gasteiger charge is -2.06. The van der Waals surface area contributed by atoms with E-state index in [0.29, 0.717) is 16.3 Å². The number of ether oxygens (including phenoxy) is 2. The first-order valence-electron chi connectivity index (χ1n) is 7.37. The molecule has 0 spiro atoms. The van der Waals surface area contributed by atoms with Gasteiger partial charge in [-0.3, -0.25) is 0 Å². The molecule has 2 heterocycles. The molecule has 3 rings (SSSR count). The molecule has 0 bridgehead atoms. The van der Waals surface area contributed by atoms with Crippen molar-refractivity contribution < 1.29 is 14.3 Å². The van der Waals surface area contributed by atoms with Gasteiger partial charge in [0.15, 0.2) is 0 Å². The summed E-state index contributed by atoms with van der Waals surface area (Å²) in [5.41, 5.74) is 2.30. The Morgan fingerprint density at radius 3 is 2.76 bits per heavy atom. The van der Waals surface area contributed by atoms with Gasteiger partial charge in [0.2, 0.25) is 0 Å². The quantitative estimate of drug-likeness (QED) is 0.523. The largest absolute Gasteiger partial charge is 0.496 e. The number of rotatable bonds is 5. The number of aryl methyl sites for hydroxylation is 2. The van der Waals surface area contributed by atoms with Crippen LogP contribution in [0, 0.1) is 13.8 Å². The van der Waals surface area contributed by atoms with Gasteiger partial charge in [0.25, 0.3) is 0 Å². The van der Waals surface area contributed by atoms with Crippen molar-refractivity contribution >= 4 is 44.6 Å². The first kappa shape index (κ1) is 18.0. The molecule has 130 valence electrons. The van der Waals surface area contributed by atoms with E-state index in [1.807, 2.05) is 30.5 Å². The van der Waals surface area contributed by atoms with Gasteiger partial charge < -0.3 is 9.47 Å². The van der Waals surface area contributed by atoms with Crippen molar-refractivity contribution in [2.45, 2.75) is 20.5 Å². The molecule has 5 nitrogen and oxygen atoms in total. The molecule has 0 fully saturated rings. The first-order valence-corrected chi connectivity index (χ1v) is 9.86. The lowest BCUT2D eigenvalue weighted by molar-refractivity contribution is 0.0473. The number of benzene rings is 1. The maximum absolute atomic E-state index is 12.2. The van der Waals surface area contributed by atoms with Gasteiger partial charge in [0, 0.05) is 9.85 Å². The van der Waals surface area contributed by atoms with Crippen molar-refractivity contribution in [2.75, 3.05) is 7.11 Å². The van der Waals surface area contributed by atoms with E-state index in [1.54, 1.807) is 14.0 Å². The molecule has 0 aliphatic carbocycles. The number of carbonyl (C=O) groups is 1. The van der Waals surface area contributed by atoms with Crippen molar-refractivity contribution in [3.63, 3.8) is 0 Å². The second-order valence-electron chi connectivity index (χ2n) is 5.21. The predicted molar refractivity (Wildman–Crippen MR) is 103 cm³/mol. The van der Waals surface area contributed by atoms with Crippen LogP contribution in [0.4, 0.5) is 0 Å². The summed E-state index contributed by atoms with van der Waals surface area (Å²) in [6.45, 7) is 3.80. The van der Waals surface area contributed by atoms with Gasteiger partial charge in [0.1, 0.15) is 22.2 Å². The fraction of sp³-hybridized carbons (Fsp3) is 0.235. The molecule has 1 aromatic carbocycles. The number of esters is 1. The highest BCUT2D eigenvalue weighted by Crippen LogP contribution is 2.34. The number of aromatic nitrogens is 2. The second-order valence-corrected chi connectivity index (χ2v) is 8.19. The minimum absolute atomic E-state index is 0.127. The maximum atomic E-state index is 12.2. The number of carbonyl (C=O) groups excluding carboxylic acids is 1. The predicted octanol–water partition coefficient (Wildman–Crippen LogP) is 5.01. The molecule has 0 aliphatic rings. The summed E-state index contributed by atoms with van der Waals surface area (Å²) < 4.78 is 11.7. The number of hydrogen-bond acceptors (Lipinski definition) is 7. The zero-order valence-corrected chi connectivity index (χ0v) is 17.0. The summed E-state index contributed by atoms with van der Waals surface area (Å²) in [7, 11) is 1.63. The summed E-state index contributed by atoms with van der Waals surface area (Å²) in [5, 5.41) is 3.55. The molecule has 0 saturated carbocycles. The molecule has 8 heteroatoms. The molecule has 0 atom stereocenters. The van der Waals surface area contributed by atoms with Crippen molar-refractivity contribution in [1.29, 1.82) is 0 Å². The highest BCUT2D eigenvalue weighted by atomic mass is 79.9. The van der Waals surface area contributed by atoms with Crippen LogP contribution in [-0.2, 0) is 11.3 Å². The van der Waals surface area contributed by atoms with E-state index >= 15 is 0 Å². The molecule has 3 aromatic rings. The van der Waals surface area contributed by atoms with Crippen LogP contribution in [0.2, 0.25) is 0 Å². The van der Waals surface area contributed by atoms with E-state index in [1.165, 1.54) is 22.7 Å². The Labute approximate surface area is 161 Å². The Morgan fingerprint density at radius 2 is 2.08 bits per heavy atom. The SMILES string of the molecule is COc1ccc(Br)cc1-c1nc(COC(=O)c2sc(C)nc2C)cs1. The van der Waals surface area contributed by atoms with Crippen LogP contribution in [0.3, 0.4) is 0 Å². The summed E-state index contributed by atoms with van der Waals surface area (Å²) in [6.07, 6.45) is 0. The van der Waals surface area contributed by atoms with E-state index in [-0.39, 0.29) is 12.6 Å². The molecule has 0 N–H and O–H groups in total. The average Bonchev–Trinajstić information content (AvgIpc) is 3.19. The number of halogens is 1. The number of thiazole rings is 2. The summed E-state index contributed by atoms with van der Waals surface area (Å²) >= 11 is 6.28. The van der Waals surface area contributed by atoms with Gasteiger partial charge in [-0.1, -0.05) is 15.9 Å². The summed E-state index contributed by atoms with van der Waals surface area (Å²) in [5.74, 6) is 0.384. The molecule has 0 amide bonds. The minimum atomic E-state index is -0.363. The van der Waals surface area contributed by atoms with Gasteiger partial charge in [-0.05, 0) is 32.0 Å². The molecule has 0 radical (unpaired) electrons. The Hall–Kier alpha value is -1.77. The molecule has 0 unspecified atom stereocenters. The van der Waals surface area contributed by atoms with Crippen molar-refractivity contribution in [2.24, 2.45) is 0 Å². The number of methoxy groups -OCH3 is 1. The smallest absolute Gasteiger partial charge is 0.350 e. The van der Waals surface area contributed by atoms with Crippen LogP contribution in [0.5, 0.6) is 5.75 Å². The van der Waals surface area contributed by atoms with Crippen molar-refractivity contribution in [3.8, 4) is 16.3 Å². The van der Waals surface area contributed by atoms with Crippen LogP contribution in [0.25, 0.3) is 10.6 Å². The molecule has 0 aliphatic heterocycles. The van der Waals surface area contributed by atoms with Crippen LogP contribution in [0.15, 0.2) is 28.1 Å². The Bertz CT molecular complexity index is 921. The molecule has 0 saturated heterocycles. The fourth-order valence-electron chi connectivity index (χ4n) is 2.27. The summed E-state index contributed by atoms with van der Waals surface area (Å²) in [4.78, 5) is 21.5. The molecule has 25 heavy (non-hydrogen) atoms. The highest BCUT2D eigenvalue weighted by Gasteiger charge is 2.17. The highest BCUT2D eigenvalue weighted by molar-refractivity contribution is 9.10. The summed E-state index contributed by atoms with van der Waals surface area (Å²) in [6, 6.07) is 5.75. The van der Waals surface area contributed by atoms with E-state index < -0.39 is 0 Å². The maximum Gasteiger partial charge on any atom is 0.350 e. The van der Waals surface area contributed by atoms with Crippen LogP contribution < -0.4 is 4.74 Å². The number of hydrogen-bond donors (Lipinski definition) is 0. The van der Waals surface area contributed by atoms with Crippen LogP contribution >= 0.6 is 38.6 Å². The monoisotopic (exact) mass is 438 g/mol. The van der Waals surface area contributed by atoms with E-state index in [4.69, 9.17) is 9.47 Å². The lowest BCUT2D eigenvalue weighted by atomic mass is 10.2. The first-order chi connectivity index (χ1) is 12.0. The van der Waals surface area contributed by atoms with Gasteiger partial charge in [0.05, 0.1) is 29.1 Å². The molecule has 2 aromatic heterocycles. The van der Waals surface area contributed by atoms with Gasteiger partial charge >= 0.3 is 5.97 Å². The standard InChI is InChI=1S/C17H15BrN2O3S2/c1-9-15(25-10(2)19-9)17(21)23-7-12-8-24-16(20-12)13-6-11(18)4-5-14(13)22-3/h4-6,8H,7H2,1-3H3. The zero-order valence-electron chi connectivity index (χ0n) is 13.8. The number of nitrogens with zero attached hydrogens (tertiary/aromatic N) is 2. The van der Waals surface area contributed by atoms with Crippen molar-refractivity contribution in [1.82, 2.24) is 9.97 Å². The third-order valence-corrected chi connectivity index (χ3v) is 5.85. The Kier molecular flexibility index (Phi) is 5.51. The fourth-order valence-corrected chi connectivity index (χ4v) is 4.27. The zero-order chi connectivity index (χ0) is 18.0. The normalized spacial score (nSPS) is 10.7. The third kappa shape index (κ3) is 4.08. The Morgan fingerprint density at radius 1 is 1.28 bits per heavy atom.